The van der Waals surface area contributed by atoms with E-state index in [1.54, 1.807) is 25.3 Å². The molecule has 1 aromatic heterocycles. The predicted molar refractivity (Wildman–Crippen MR) is 74.6 cm³/mol. The normalized spacial score (nSPS) is 9.80. The van der Waals surface area contributed by atoms with Gasteiger partial charge in [0.2, 0.25) is 5.95 Å². The Hall–Kier alpha value is -2.72. The highest BCUT2D eigenvalue weighted by molar-refractivity contribution is 5.62. The maximum atomic E-state index is 9.02. The molecule has 0 bridgehead atoms. The van der Waals surface area contributed by atoms with Gasteiger partial charge in [0.25, 0.3) is 0 Å². The molecule has 0 saturated heterocycles. The van der Waals surface area contributed by atoms with Gasteiger partial charge < -0.3 is 15.4 Å². The molecule has 0 amide bonds. The monoisotopic (exact) mass is 270 g/mol. The first-order valence-corrected chi connectivity index (χ1v) is 6.02. The second kappa shape index (κ2) is 7.01. The van der Waals surface area contributed by atoms with Crippen molar-refractivity contribution in [3.05, 3.63) is 36.0 Å². The number of hydrogen-bond donors (Lipinski definition) is 2. The van der Waals surface area contributed by atoms with Gasteiger partial charge in [0.15, 0.2) is 5.82 Å². The molecule has 0 aliphatic rings. The molecule has 0 unspecified atom stereocenters. The van der Waals surface area contributed by atoms with Crippen LogP contribution in [0.15, 0.2) is 30.5 Å². The highest BCUT2D eigenvalue weighted by atomic mass is 16.5. The average Bonchev–Trinajstić information content (AvgIpc) is 2.48. The summed E-state index contributed by atoms with van der Waals surface area (Å²) in [5.74, 6) is 0.920. The van der Waals surface area contributed by atoms with Gasteiger partial charge in [-0.25, -0.2) is 0 Å². The molecule has 0 atom stereocenters. The lowest BCUT2D eigenvalue weighted by Gasteiger charge is -2.08. The van der Waals surface area contributed by atoms with Crippen molar-refractivity contribution in [3.8, 4) is 6.07 Å². The summed E-state index contributed by atoms with van der Waals surface area (Å²) in [6.07, 6.45) is 1.52. The third kappa shape index (κ3) is 3.63. The minimum Gasteiger partial charge on any atom is -0.383 e. The van der Waals surface area contributed by atoms with E-state index in [-0.39, 0.29) is 0 Å². The van der Waals surface area contributed by atoms with E-state index in [9.17, 15) is 0 Å². The second-order valence-corrected chi connectivity index (χ2v) is 3.87. The average molecular weight is 270 g/mol. The van der Waals surface area contributed by atoms with E-state index < -0.39 is 0 Å². The standard InChI is InChI=1S/C13H14N6O/c1-20-7-6-15-12-9-16-19-13(18-12)17-11-5-3-2-4-10(11)8-14/h2-5,9H,6-7H2,1H3,(H2,15,17,18,19). The molecule has 7 heteroatoms. The smallest absolute Gasteiger partial charge is 0.249 e. The lowest BCUT2D eigenvalue weighted by molar-refractivity contribution is 0.210. The highest BCUT2D eigenvalue weighted by Crippen LogP contribution is 2.17. The summed E-state index contributed by atoms with van der Waals surface area (Å²) < 4.78 is 4.94. The maximum absolute atomic E-state index is 9.02. The Kier molecular flexibility index (Phi) is 4.81. The van der Waals surface area contributed by atoms with Gasteiger partial charge in [-0.2, -0.15) is 15.3 Å². The molecular formula is C13H14N6O. The Balaban J connectivity index is 2.10. The summed E-state index contributed by atoms with van der Waals surface area (Å²) in [4.78, 5) is 4.25. The van der Waals surface area contributed by atoms with E-state index >= 15 is 0 Å². The molecule has 0 aliphatic heterocycles. The summed E-state index contributed by atoms with van der Waals surface area (Å²) >= 11 is 0. The van der Waals surface area contributed by atoms with Gasteiger partial charge in [-0.15, -0.1) is 5.10 Å². The Bertz CT molecular complexity index is 610. The van der Waals surface area contributed by atoms with Crippen LogP contribution in [0.25, 0.3) is 0 Å². The van der Waals surface area contributed by atoms with Crippen molar-refractivity contribution >= 4 is 17.5 Å². The minimum absolute atomic E-state index is 0.329. The summed E-state index contributed by atoms with van der Waals surface area (Å²) in [5, 5.41) is 22.8. The first kappa shape index (κ1) is 13.7. The zero-order valence-electron chi connectivity index (χ0n) is 11.0. The Morgan fingerprint density at radius 3 is 3.00 bits per heavy atom. The van der Waals surface area contributed by atoms with E-state index in [1.807, 2.05) is 6.07 Å². The zero-order valence-corrected chi connectivity index (χ0v) is 11.0. The predicted octanol–water partition coefficient (Wildman–Crippen LogP) is 1.55. The number of methoxy groups -OCH3 is 1. The quantitative estimate of drug-likeness (QED) is 0.768. The van der Waals surface area contributed by atoms with Gasteiger partial charge in [0.1, 0.15) is 6.07 Å². The topological polar surface area (TPSA) is 95.8 Å². The van der Waals surface area contributed by atoms with E-state index in [0.717, 1.165) is 0 Å². The van der Waals surface area contributed by atoms with E-state index in [4.69, 9.17) is 10.00 Å². The Morgan fingerprint density at radius 1 is 1.35 bits per heavy atom. The first-order valence-electron chi connectivity index (χ1n) is 6.02. The van der Waals surface area contributed by atoms with Crippen LogP contribution in [0.1, 0.15) is 5.56 Å². The molecule has 2 rings (SSSR count). The Labute approximate surface area is 116 Å². The second-order valence-electron chi connectivity index (χ2n) is 3.87. The van der Waals surface area contributed by atoms with E-state index in [2.05, 4.69) is 31.9 Å². The summed E-state index contributed by atoms with van der Waals surface area (Å²) in [7, 11) is 1.63. The van der Waals surface area contributed by atoms with Crippen molar-refractivity contribution in [2.45, 2.75) is 0 Å². The molecule has 2 aromatic rings. The number of nitrogens with zero attached hydrogens (tertiary/aromatic N) is 4. The number of para-hydroxylation sites is 1. The van der Waals surface area contributed by atoms with Gasteiger partial charge in [-0.05, 0) is 12.1 Å². The lowest BCUT2D eigenvalue weighted by atomic mass is 10.2. The largest absolute Gasteiger partial charge is 0.383 e. The Morgan fingerprint density at radius 2 is 2.20 bits per heavy atom. The fraction of sp³-hybridized carbons (Fsp3) is 0.231. The van der Waals surface area contributed by atoms with Crippen LogP contribution in [-0.2, 0) is 4.74 Å². The van der Waals surface area contributed by atoms with Crippen LogP contribution in [-0.4, -0.2) is 35.4 Å². The maximum Gasteiger partial charge on any atom is 0.249 e. The molecule has 0 fully saturated rings. The molecule has 102 valence electrons. The molecule has 0 saturated carbocycles. The van der Waals surface area contributed by atoms with Crippen LogP contribution in [0.3, 0.4) is 0 Å². The van der Waals surface area contributed by atoms with Gasteiger partial charge in [-0.1, -0.05) is 12.1 Å². The van der Waals surface area contributed by atoms with Crippen molar-refractivity contribution < 1.29 is 4.74 Å². The number of hydrogen-bond acceptors (Lipinski definition) is 7. The molecule has 0 aliphatic carbocycles. The van der Waals surface area contributed by atoms with Gasteiger partial charge in [0.05, 0.1) is 24.1 Å². The summed E-state index contributed by atoms with van der Waals surface area (Å²) in [6, 6.07) is 9.23. The van der Waals surface area contributed by atoms with Crippen LogP contribution in [0.5, 0.6) is 0 Å². The number of rotatable bonds is 6. The molecule has 0 spiro atoms. The van der Waals surface area contributed by atoms with Crippen molar-refractivity contribution in [3.63, 3.8) is 0 Å². The number of benzene rings is 1. The third-order valence-corrected chi connectivity index (χ3v) is 2.47. The SMILES string of the molecule is COCCNc1cnnc(Nc2ccccc2C#N)n1. The van der Waals surface area contributed by atoms with Gasteiger partial charge >= 0.3 is 0 Å². The number of nitrogens with one attached hydrogen (secondary N) is 2. The van der Waals surface area contributed by atoms with E-state index in [0.29, 0.717) is 36.2 Å². The molecule has 20 heavy (non-hydrogen) atoms. The number of anilines is 3. The lowest BCUT2D eigenvalue weighted by Crippen LogP contribution is -2.10. The number of aromatic nitrogens is 3. The van der Waals surface area contributed by atoms with Gasteiger partial charge in [0, 0.05) is 13.7 Å². The number of ether oxygens (including phenoxy) is 1. The van der Waals surface area contributed by atoms with Crippen LogP contribution >= 0.6 is 0 Å². The van der Waals surface area contributed by atoms with Crippen molar-refractivity contribution in [1.29, 1.82) is 5.26 Å². The van der Waals surface area contributed by atoms with Crippen molar-refractivity contribution in [2.24, 2.45) is 0 Å². The molecular weight excluding hydrogens is 256 g/mol. The number of nitriles is 1. The highest BCUT2D eigenvalue weighted by Gasteiger charge is 2.04. The summed E-state index contributed by atoms with van der Waals surface area (Å²) in [5.41, 5.74) is 1.17. The van der Waals surface area contributed by atoms with Crippen molar-refractivity contribution in [1.82, 2.24) is 15.2 Å². The molecule has 1 heterocycles. The molecule has 0 radical (unpaired) electrons. The van der Waals surface area contributed by atoms with Crippen molar-refractivity contribution in [2.75, 3.05) is 30.9 Å². The first-order chi connectivity index (χ1) is 9.83. The molecule has 2 N–H and O–H groups in total. The van der Waals surface area contributed by atoms with Crippen LogP contribution in [0, 0.1) is 11.3 Å². The van der Waals surface area contributed by atoms with Crippen LogP contribution in [0.2, 0.25) is 0 Å². The van der Waals surface area contributed by atoms with Crippen LogP contribution < -0.4 is 10.6 Å². The zero-order chi connectivity index (χ0) is 14.2. The fourth-order valence-electron chi connectivity index (χ4n) is 1.53. The molecule has 1 aromatic carbocycles. The summed E-state index contributed by atoms with van der Waals surface area (Å²) in [6.45, 7) is 1.20. The van der Waals surface area contributed by atoms with Crippen LogP contribution in [0.4, 0.5) is 17.5 Å². The fourth-order valence-corrected chi connectivity index (χ4v) is 1.53. The van der Waals surface area contributed by atoms with Gasteiger partial charge in [-0.3, -0.25) is 0 Å². The minimum atomic E-state index is 0.329. The molecule has 7 nitrogen and oxygen atoms in total. The third-order valence-electron chi connectivity index (χ3n) is 2.47. The van der Waals surface area contributed by atoms with E-state index in [1.165, 1.54) is 6.20 Å².